The first kappa shape index (κ1) is 16.8. The van der Waals surface area contributed by atoms with Gasteiger partial charge >= 0.3 is 0 Å². The fraction of sp³-hybridized carbons (Fsp3) is 0.294. The van der Waals surface area contributed by atoms with Crippen LogP contribution < -0.4 is 10.6 Å². The largest absolute Gasteiger partial charge is 0.467 e. The third kappa shape index (κ3) is 4.96. The van der Waals surface area contributed by atoms with Crippen LogP contribution in [-0.4, -0.2) is 23.0 Å². The van der Waals surface area contributed by atoms with Crippen LogP contribution in [0.4, 0.5) is 5.69 Å². The van der Waals surface area contributed by atoms with Crippen molar-refractivity contribution in [1.29, 1.82) is 0 Å². The van der Waals surface area contributed by atoms with Gasteiger partial charge < -0.3 is 20.2 Å². The molecule has 0 aliphatic carbocycles. The molecule has 6 nitrogen and oxygen atoms in total. The smallest absolute Gasteiger partial charge is 0.251 e. The first-order chi connectivity index (χ1) is 11.0. The maximum absolute atomic E-state index is 12.2. The van der Waals surface area contributed by atoms with Crippen molar-refractivity contribution in [3.8, 4) is 0 Å². The van der Waals surface area contributed by atoms with E-state index >= 15 is 0 Å². The Bertz CT molecular complexity index is 667. The highest BCUT2D eigenvalue weighted by Gasteiger charge is 2.17. The average molecular weight is 316 g/mol. The first-order valence-corrected chi connectivity index (χ1v) is 7.35. The summed E-state index contributed by atoms with van der Waals surface area (Å²) in [7, 11) is 0. The van der Waals surface area contributed by atoms with Crippen molar-refractivity contribution in [3.05, 3.63) is 54.0 Å². The van der Waals surface area contributed by atoms with Gasteiger partial charge in [0.25, 0.3) is 5.91 Å². The number of anilines is 1. The maximum atomic E-state index is 12.2. The lowest BCUT2D eigenvalue weighted by atomic mass is 10.1. The van der Waals surface area contributed by atoms with Crippen LogP contribution in [-0.2, 0) is 4.79 Å². The van der Waals surface area contributed by atoms with Crippen LogP contribution in [0.25, 0.3) is 0 Å². The number of aliphatic hydroxyl groups is 1. The second-order valence-corrected chi connectivity index (χ2v) is 5.40. The standard InChI is InChI=1S/C17H20N2O4/c1-11(9-15(21)16-7-4-8-23-16)18-17(22)13-5-3-6-14(10-13)19-12(2)20/h3-8,10-11,15,21H,9H2,1-2H3,(H,18,22)(H,19,20). The van der Waals surface area contributed by atoms with E-state index in [-0.39, 0.29) is 17.9 Å². The molecule has 1 heterocycles. The molecule has 6 heteroatoms. The number of furan rings is 1. The van der Waals surface area contributed by atoms with Crippen molar-refractivity contribution in [2.75, 3.05) is 5.32 Å². The molecule has 2 unspecified atom stereocenters. The van der Waals surface area contributed by atoms with Crippen molar-refractivity contribution in [1.82, 2.24) is 5.32 Å². The monoisotopic (exact) mass is 316 g/mol. The zero-order chi connectivity index (χ0) is 16.8. The van der Waals surface area contributed by atoms with Crippen molar-refractivity contribution in [3.63, 3.8) is 0 Å². The molecule has 3 N–H and O–H groups in total. The number of rotatable bonds is 6. The van der Waals surface area contributed by atoms with Crippen LogP contribution in [0.5, 0.6) is 0 Å². The number of amides is 2. The number of nitrogens with one attached hydrogen (secondary N) is 2. The highest BCUT2D eigenvalue weighted by molar-refractivity contribution is 5.96. The van der Waals surface area contributed by atoms with E-state index in [0.717, 1.165) is 0 Å². The molecule has 1 aromatic carbocycles. The van der Waals surface area contributed by atoms with Crippen LogP contribution >= 0.6 is 0 Å². The molecule has 0 saturated carbocycles. The second kappa shape index (κ2) is 7.60. The van der Waals surface area contributed by atoms with Gasteiger partial charge in [-0.15, -0.1) is 0 Å². The van der Waals surface area contributed by atoms with Gasteiger partial charge in [0.1, 0.15) is 11.9 Å². The van der Waals surface area contributed by atoms with Gasteiger partial charge in [0.15, 0.2) is 0 Å². The lowest BCUT2D eigenvalue weighted by molar-refractivity contribution is -0.114. The summed E-state index contributed by atoms with van der Waals surface area (Å²) in [4.78, 5) is 23.3. The van der Waals surface area contributed by atoms with Crippen molar-refractivity contribution < 1.29 is 19.1 Å². The molecule has 122 valence electrons. The fourth-order valence-electron chi connectivity index (χ4n) is 2.24. The Labute approximate surface area is 134 Å². The van der Waals surface area contributed by atoms with Gasteiger partial charge in [-0.1, -0.05) is 6.07 Å². The molecule has 0 spiro atoms. The molecule has 1 aromatic heterocycles. The Morgan fingerprint density at radius 2 is 2.04 bits per heavy atom. The summed E-state index contributed by atoms with van der Waals surface area (Å²) in [5.41, 5.74) is 1.00. The number of benzene rings is 1. The predicted molar refractivity (Wildman–Crippen MR) is 86.0 cm³/mol. The van der Waals surface area contributed by atoms with Gasteiger partial charge in [0.2, 0.25) is 5.91 Å². The molecule has 2 rings (SSSR count). The summed E-state index contributed by atoms with van der Waals surface area (Å²) in [5.74, 6) is 0.00704. The van der Waals surface area contributed by atoms with E-state index in [1.807, 2.05) is 6.92 Å². The fourth-order valence-corrected chi connectivity index (χ4v) is 2.24. The topological polar surface area (TPSA) is 91.6 Å². The van der Waals surface area contributed by atoms with Gasteiger partial charge in [0.05, 0.1) is 6.26 Å². The third-order valence-corrected chi connectivity index (χ3v) is 3.27. The van der Waals surface area contributed by atoms with Crippen molar-refractivity contribution in [2.24, 2.45) is 0 Å². The van der Waals surface area contributed by atoms with Gasteiger partial charge in [-0.2, -0.15) is 0 Å². The Morgan fingerprint density at radius 3 is 2.70 bits per heavy atom. The van der Waals surface area contributed by atoms with Crippen molar-refractivity contribution in [2.45, 2.75) is 32.4 Å². The van der Waals surface area contributed by atoms with E-state index in [0.29, 0.717) is 23.4 Å². The lowest BCUT2D eigenvalue weighted by Gasteiger charge is -2.17. The first-order valence-electron chi connectivity index (χ1n) is 7.35. The predicted octanol–water partition coefficient (Wildman–Crippen LogP) is 2.48. The van der Waals surface area contributed by atoms with E-state index in [9.17, 15) is 14.7 Å². The minimum atomic E-state index is -0.772. The summed E-state index contributed by atoms with van der Waals surface area (Å²) in [5, 5.41) is 15.5. The summed E-state index contributed by atoms with van der Waals surface area (Å²) in [6, 6.07) is 9.82. The number of hydrogen-bond donors (Lipinski definition) is 3. The van der Waals surface area contributed by atoms with Gasteiger partial charge in [-0.25, -0.2) is 0 Å². The van der Waals surface area contributed by atoms with Crippen LogP contribution in [0.1, 0.15) is 42.5 Å². The number of hydrogen-bond acceptors (Lipinski definition) is 4. The Hall–Kier alpha value is -2.60. The average Bonchev–Trinajstić information content (AvgIpc) is 3.00. The molecular formula is C17H20N2O4. The molecular weight excluding hydrogens is 296 g/mol. The van der Waals surface area contributed by atoms with Crippen molar-refractivity contribution >= 4 is 17.5 Å². The molecule has 0 radical (unpaired) electrons. The minimum absolute atomic E-state index is 0.197. The second-order valence-electron chi connectivity index (χ2n) is 5.40. The maximum Gasteiger partial charge on any atom is 0.251 e. The molecule has 2 amide bonds. The van der Waals surface area contributed by atoms with Crippen LogP contribution in [0, 0.1) is 0 Å². The quantitative estimate of drug-likeness (QED) is 0.763. The summed E-state index contributed by atoms with van der Waals surface area (Å²) in [6.45, 7) is 3.21. The van der Waals surface area contributed by atoms with Gasteiger partial charge in [-0.3, -0.25) is 9.59 Å². The molecule has 0 saturated heterocycles. The Kier molecular flexibility index (Phi) is 5.54. The zero-order valence-electron chi connectivity index (χ0n) is 13.1. The molecule has 2 aromatic rings. The van der Waals surface area contributed by atoms with Gasteiger partial charge in [-0.05, 0) is 37.3 Å². The number of carbonyl (C=O) groups excluding carboxylic acids is 2. The Morgan fingerprint density at radius 1 is 1.26 bits per heavy atom. The third-order valence-electron chi connectivity index (χ3n) is 3.27. The summed E-state index contributed by atoms with van der Waals surface area (Å²) in [6.07, 6.45) is 1.06. The van der Waals surface area contributed by atoms with E-state index in [2.05, 4.69) is 10.6 Å². The summed E-state index contributed by atoms with van der Waals surface area (Å²) >= 11 is 0. The molecule has 0 bridgehead atoms. The highest BCUT2D eigenvalue weighted by Crippen LogP contribution is 2.19. The van der Waals surface area contributed by atoms with E-state index < -0.39 is 6.10 Å². The minimum Gasteiger partial charge on any atom is -0.467 e. The van der Waals surface area contributed by atoms with Crippen LogP contribution in [0.2, 0.25) is 0 Å². The summed E-state index contributed by atoms with van der Waals surface area (Å²) < 4.78 is 5.14. The number of carbonyl (C=O) groups is 2. The Balaban J connectivity index is 1.94. The van der Waals surface area contributed by atoms with Crippen LogP contribution in [0.15, 0.2) is 47.1 Å². The lowest BCUT2D eigenvalue weighted by Crippen LogP contribution is -2.33. The van der Waals surface area contributed by atoms with Crippen LogP contribution in [0.3, 0.4) is 0 Å². The van der Waals surface area contributed by atoms with E-state index in [1.165, 1.54) is 13.2 Å². The normalized spacial score (nSPS) is 13.2. The molecule has 0 aliphatic rings. The van der Waals surface area contributed by atoms with E-state index in [4.69, 9.17) is 4.42 Å². The molecule has 23 heavy (non-hydrogen) atoms. The molecule has 0 fully saturated rings. The number of aliphatic hydroxyl groups excluding tert-OH is 1. The SMILES string of the molecule is CC(=O)Nc1cccc(C(=O)NC(C)CC(O)c2ccco2)c1. The zero-order valence-corrected chi connectivity index (χ0v) is 13.1. The molecule has 0 aliphatic heterocycles. The van der Waals surface area contributed by atoms with Gasteiger partial charge in [0, 0.05) is 30.6 Å². The van der Waals surface area contributed by atoms with E-state index in [1.54, 1.807) is 36.4 Å². The highest BCUT2D eigenvalue weighted by atomic mass is 16.4. The molecule has 2 atom stereocenters.